The van der Waals surface area contributed by atoms with Crippen molar-refractivity contribution in [1.82, 2.24) is 19.9 Å². The lowest BCUT2D eigenvalue weighted by Crippen LogP contribution is -2.37. The molecule has 126 valence electrons. The Morgan fingerprint density at radius 1 is 1.28 bits per heavy atom. The van der Waals surface area contributed by atoms with Crippen LogP contribution in [0.5, 0.6) is 5.75 Å². The van der Waals surface area contributed by atoms with Gasteiger partial charge in [0.25, 0.3) is 5.91 Å². The first-order valence-corrected chi connectivity index (χ1v) is 7.90. The standard InChI is InChI=1S/C18H17N5O2/c1-13(25-15-7-5-14(12-19)6-8-15)18(24)20-10-9-17-22-21-16-4-2-3-11-23(16)17/h2-8,11,13H,9-10H2,1H3,(H,20,24)/t13-/m0/s1. The first kappa shape index (κ1) is 16.5. The van der Waals surface area contributed by atoms with E-state index in [2.05, 4.69) is 15.5 Å². The Labute approximate surface area is 144 Å². The van der Waals surface area contributed by atoms with Crippen LogP contribution in [-0.2, 0) is 11.2 Å². The molecule has 7 nitrogen and oxygen atoms in total. The van der Waals surface area contributed by atoms with Crippen LogP contribution in [0.2, 0.25) is 0 Å². The van der Waals surface area contributed by atoms with E-state index in [0.29, 0.717) is 24.3 Å². The summed E-state index contributed by atoms with van der Waals surface area (Å²) in [4.78, 5) is 12.1. The molecular formula is C18H17N5O2. The van der Waals surface area contributed by atoms with Gasteiger partial charge in [0.05, 0.1) is 11.6 Å². The number of nitriles is 1. The van der Waals surface area contributed by atoms with Gasteiger partial charge in [0.15, 0.2) is 11.8 Å². The molecule has 1 aromatic carbocycles. The van der Waals surface area contributed by atoms with Crippen LogP contribution in [0.25, 0.3) is 5.65 Å². The highest BCUT2D eigenvalue weighted by atomic mass is 16.5. The van der Waals surface area contributed by atoms with Crippen LogP contribution < -0.4 is 10.1 Å². The molecule has 3 rings (SSSR count). The first-order chi connectivity index (χ1) is 12.2. The Morgan fingerprint density at radius 2 is 2.08 bits per heavy atom. The molecule has 0 bridgehead atoms. The number of benzene rings is 1. The number of rotatable bonds is 6. The maximum absolute atomic E-state index is 12.1. The molecule has 0 saturated carbocycles. The normalized spacial score (nSPS) is 11.7. The van der Waals surface area contributed by atoms with E-state index >= 15 is 0 Å². The average Bonchev–Trinajstić information content (AvgIpc) is 3.05. The fourth-order valence-electron chi connectivity index (χ4n) is 2.37. The third-order valence-electron chi connectivity index (χ3n) is 3.70. The van der Waals surface area contributed by atoms with Crippen LogP contribution in [0.15, 0.2) is 48.7 Å². The van der Waals surface area contributed by atoms with Crippen molar-refractivity contribution in [3.8, 4) is 11.8 Å². The molecule has 0 fully saturated rings. The molecule has 25 heavy (non-hydrogen) atoms. The van der Waals surface area contributed by atoms with Crippen LogP contribution in [0.1, 0.15) is 18.3 Å². The second-order valence-electron chi connectivity index (χ2n) is 5.48. The summed E-state index contributed by atoms with van der Waals surface area (Å²) < 4.78 is 7.47. The van der Waals surface area contributed by atoms with Gasteiger partial charge in [-0.3, -0.25) is 9.20 Å². The van der Waals surface area contributed by atoms with Gasteiger partial charge in [0, 0.05) is 19.2 Å². The van der Waals surface area contributed by atoms with Crippen molar-refractivity contribution < 1.29 is 9.53 Å². The quantitative estimate of drug-likeness (QED) is 0.740. The second kappa shape index (κ2) is 7.45. The van der Waals surface area contributed by atoms with E-state index in [1.807, 2.05) is 34.9 Å². The lowest BCUT2D eigenvalue weighted by atomic mass is 10.2. The third-order valence-corrected chi connectivity index (χ3v) is 3.70. The minimum atomic E-state index is -0.636. The highest BCUT2D eigenvalue weighted by Gasteiger charge is 2.14. The summed E-state index contributed by atoms with van der Waals surface area (Å²) >= 11 is 0. The zero-order valence-corrected chi connectivity index (χ0v) is 13.7. The predicted molar refractivity (Wildman–Crippen MR) is 90.9 cm³/mol. The fourth-order valence-corrected chi connectivity index (χ4v) is 2.37. The molecule has 2 heterocycles. The molecular weight excluding hydrogens is 318 g/mol. The maximum atomic E-state index is 12.1. The number of fused-ring (bicyclic) bond motifs is 1. The van der Waals surface area contributed by atoms with Gasteiger partial charge < -0.3 is 10.1 Å². The Balaban J connectivity index is 1.50. The molecule has 1 atom stereocenters. The molecule has 0 aliphatic rings. The lowest BCUT2D eigenvalue weighted by molar-refractivity contribution is -0.127. The monoisotopic (exact) mass is 335 g/mol. The minimum Gasteiger partial charge on any atom is -0.481 e. The number of carbonyl (C=O) groups is 1. The zero-order valence-electron chi connectivity index (χ0n) is 13.7. The summed E-state index contributed by atoms with van der Waals surface area (Å²) in [6, 6.07) is 14.4. The number of nitrogens with zero attached hydrogens (tertiary/aromatic N) is 4. The minimum absolute atomic E-state index is 0.210. The van der Waals surface area contributed by atoms with Gasteiger partial charge in [0.2, 0.25) is 0 Å². The van der Waals surface area contributed by atoms with Crippen molar-refractivity contribution in [2.75, 3.05) is 6.54 Å². The number of aromatic nitrogens is 3. The number of hydrogen-bond donors (Lipinski definition) is 1. The Kier molecular flexibility index (Phi) is 4.90. The highest BCUT2D eigenvalue weighted by molar-refractivity contribution is 5.80. The summed E-state index contributed by atoms with van der Waals surface area (Å²) in [5.74, 6) is 1.12. The Hall–Kier alpha value is -3.40. The first-order valence-electron chi connectivity index (χ1n) is 7.90. The van der Waals surface area contributed by atoms with Gasteiger partial charge in [-0.2, -0.15) is 5.26 Å². The molecule has 0 radical (unpaired) electrons. The summed E-state index contributed by atoms with van der Waals surface area (Å²) in [7, 11) is 0. The second-order valence-corrected chi connectivity index (χ2v) is 5.48. The summed E-state index contributed by atoms with van der Waals surface area (Å²) in [5.41, 5.74) is 1.33. The van der Waals surface area contributed by atoms with Gasteiger partial charge in [-0.05, 0) is 43.3 Å². The van der Waals surface area contributed by atoms with E-state index in [0.717, 1.165) is 11.5 Å². The van der Waals surface area contributed by atoms with Gasteiger partial charge in [-0.25, -0.2) is 0 Å². The van der Waals surface area contributed by atoms with Crippen molar-refractivity contribution in [1.29, 1.82) is 5.26 Å². The molecule has 1 N–H and O–H groups in total. The predicted octanol–water partition coefficient (Wildman–Crippen LogP) is 1.73. The van der Waals surface area contributed by atoms with Gasteiger partial charge >= 0.3 is 0 Å². The van der Waals surface area contributed by atoms with Crippen LogP contribution in [0, 0.1) is 11.3 Å². The average molecular weight is 335 g/mol. The van der Waals surface area contributed by atoms with Gasteiger partial charge in [-0.1, -0.05) is 6.07 Å². The number of nitrogens with one attached hydrogen (secondary N) is 1. The van der Waals surface area contributed by atoms with Crippen molar-refractivity contribution in [3.63, 3.8) is 0 Å². The van der Waals surface area contributed by atoms with Crippen LogP contribution in [-0.4, -0.2) is 33.2 Å². The third kappa shape index (κ3) is 3.93. The summed E-state index contributed by atoms with van der Waals surface area (Å²) in [6.45, 7) is 2.12. The van der Waals surface area contributed by atoms with E-state index in [9.17, 15) is 4.79 Å². The van der Waals surface area contributed by atoms with Crippen molar-refractivity contribution in [2.24, 2.45) is 0 Å². The molecule has 7 heteroatoms. The molecule has 0 unspecified atom stereocenters. The van der Waals surface area contributed by atoms with E-state index in [-0.39, 0.29) is 5.91 Å². The lowest BCUT2D eigenvalue weighted by Gasteiger charge is -2.14. The van der Waals surface area contributed by atoms with E-state index in [1.165, 1.54) is 0 Å². The van der Waals surface area contributed by atoms with Crippen molar-refractivity contribution >= 4 is 11.6 Å². The number of ether oxygens (including phenoxy) is 1. The Bertz CT molecular complexity index is 911. The SMILES string of the molecule is C[C@H](Oc1ccc(C#N)cc1)C(=O)NCCc1nnc2ccccn12. The Morgan fingerprint density at radius 3 is 2.84 bits per heavy atom. The molecule has 0 aliphatic heterocycles. The van der Waals surface area contributed by atoms with Crippen LogP contribution in [0.4, 0.5) is 0 Å². The molecule has 0 spiro atoms. The number of hydrogen-bond acceptors (Lipinski definition) is 5. The van der Waals surface area contributed by atoms with Crippen molar-refractivity contribution in [3.05, 3.63) is 60.0 Å². The maximum Gasteiger partial charge on any atom is 0.260 e. The largest absolute Gasteiger partial charge is 0.481 e. The molecule has 0 saturated heterocycles. The molecule has 2 aromatic heterocycles. The number of carbonyl (C=O) groups excluding carboxylic acids is 1. The van der Waals surface area contributed by atoms with E-state index in [1.54, 1.807) is 31.2 Å². The molecule has 0 aliphatic carbocycles. The van der Waals surface area contributed by atoms with Crippen LogP contribution in [0.3, 0.4) is 0 Å². The number of amides is 1. The smallest absolute Gasteiger partial charge is 0.260 e. The van der Waals surface area contributed by atoms with Crippen molar-refractivity contribution in [2.45, 2.75) is 19.4 Å². The number of pyridine rings is 1. The zero-order chi connectivity index (χ0) is 17.6. The summed E-state index contributed by atoms with van der Waals surface area (Å²) in [5, 5.41) is 19.8. The van der Waals surface area contributed by atoms with Gasteiger partial charge in [0.1, 0.15) is 11.6 Å². The summed E-state index contributed by atoms with van der Waals surface area (Å²) in [6.07, 6.45) is 1.83. The molecule has 1 amide bonds. The highest BCUT2D eigenvalue weighted by Crippen LogP contribution is 2.13. The van der Waals surface area contributed by atoms with E-state index < -0.39 is 6.10 Å². The fraction of sp³-hybridized carbons (Fsp3) is 0.222. The van der Waals surface area contributed by atoms with Crippen LogP contribution >= 0.6 is 0 Å². The topological polar surface area (TPSA) is 92.3 Å². The van der Waals surface area contributed by atoms with Gasteiger partial charge in [-0.15, -0.1) is 10.2 Å². The molecule has 3 aromatic rings. The van der Waals surface area contributed by atoms with E-state index in [4.69, 9.17) is 10.00 Å².